The van der Waals surface area contributed by atoms with Crippen molar-refractivity contribution >= 4 is 12.1 Å². The number of nitrogens with zero attached hydrogens (tertiary/aromatic N) is 1. The summed E-state index contributed by atoms with van der Waals surface area (Å²) in [4.78, 5) is 27.3. The monoisotopic (exact) mass is 486 g/mol. The van der Waals surface area contributed by atoms with E-state index in [4.69, 9.17) is 18.9 Å². The Labute approximate surface area is 205 Å². The van der Waals surface area contributed by atoms with Gasteiger partial charge in [0, 0.05) is 18.0 Å². The van der Waals surface area contributed by atoms with Crippen LogP contribution in [0, 0.1) is 0 Å². The molecule has 2 aliphatic heterocycles. The van der Waals surface area contributed by atoms with Gasteiger partial charge in [-0.3, -0.25) is 0 Å². The fourth-order valence-electron chi connectivity index (χ4n) is 6.34. The Morgan fingerprint density at radius 2 is 2.06 bits per heavy atom. The molecule has 4 aliphatic rings. The predicted octanol–water partition coefficient (Wildman–Crippen LogP) is 2.43. The highest BCUT2D eigenvalue weighted by molar-refractivity contribution is 5.82. The summed E-state index contributed by atoms with van der Waals surface area (Å²) in [5.74, 6) is 0.931. The Balaban J connectivity index is 1.47. The van der Waals surface area contributed by atoms with Gasteiger partial charge in [0.05, 0.1) is 18.1 Å². The van der Waals surface area contributed by atoms with Crippen LogP contribution in [0.1, 0.15) is 51.7 Å². The maximum atomic E-state index is 13.0. The number of hydrogen-bond donors (Lipinski definition) is 2. The highest BCUT2D eigenvalue weighted by Gasteiger charge is 2.72. The second-order valence-electron chi connectivity index (χ2n) is 11.1. The van der Waals surface area contributed by atoms with E-state index in [0.717, 1.165) is 17.7 Å². The molecule has 1 spiro atoms. The SMILES string of the molecule is COc1ccc2c3c1O[C@H]1C(OC(=O)C(C)NC(=O)OC(C)(C)C)=CC[C@@]4(O)[C@@H](C2)N(C)CC[C@]314. The molecule has 0 aromatic heterocycles. The summed E-state index contributed by atoms with van der Waals surface area (Å²) in [6.07, 6.45) is 2.06. The first-order valence-electron chi connectivity index (χ1n) is 12.1. The fraction of sp³-hybridized carbons (Fsp3) is 0.615. The lowest BCUT2D eigenvalue weighted by molar-refractivity contribution is -0.169. The molecule has 2 bridgehead atoms. The molecule has 190 valence electrons. The van der Waals surface area contributed by atoms with Gasteiger partial charge in [0.2, 0.25) is 0 Å². The number of alkyl carbamates (subject to hydrolysis) is 1. The van der Waals surface area contributed by atoms with Crippen molar-refractivity contribution in [2.24, 2.45) is 0 Å². The number of benzene rings is 1. The van der Waals surface area contributed by atoms with Crippen LogP contribution in [0.25, 0.3) is 0 Å². The van der Waals surface area contributed by atoms with Gasteiger partial charge in [-0.05, 0) is 71.8 Å². The minimum absolute atomic E-state index is 0.0875. The predicted molar refractivity (Wildman–Crippen MR) is 126 cm³/mol. The lowest BCUT2D eigenvalue weighted by Crippen LogP contribution is -2.74. The topological polar surface area (TPSA) is 107 Å². The second kappa shape index (κ2) is 7.86. The van der Waals surface area contributed by atoms with Crippen LogP contribution >= 0.6 is 0 Å². The Morgan fingerprint density at radius 1 is 1.31 bits per heavy atom. The van der Waals surface area contributed by atoms with Crippen molar-refractivity contribution in [3.05, 3.63) is 35.1 Å². The minimum atomic E-state index is -1.08. The van der Waals surface area contributed by atoms with Crippen LogP contribution in [0.3, 0.4) is 0 Å². The molecule has 2 aliphatic carbocycles. The van der Waals surface area contributed by atoms with Crippen molar-refractivity contribution in [1.82, 2.24) is 10.2 Å². The van der Waals surface area contributed by atoms with E-state index in [1.807, 2.05) is 19.2 Å². The van der Waals surface area contributed by atoms with Crippen molar-refractivity contribution in [3.8, 4) is 11.5 Å². The molecule has 5 rings (SSSR count). The van der Waals surface area contributed by atoms with E-state index >= 15 is 0 Å². The van der Waals surface area contributed by atoms with Crippen LogP contribution in [0.2, 0.25) is 0 Å². The Hall–Kier alpha value is -2.78. The molecule has 1 amide bonds. The second-order valence-corrected chi connectivity index (χ2v) is 11.1. The number of likely N-dealkylation sites (N-methyl/N-ethyl adjacent to an activating group) is 1. The maximum absolute atomic E-state index is 13.0. The van der Waals surface area contributed by atoms with Gasteiger partial charge in [-0.2, -0.15) is 0 Å². The molecule has 1 saturated heterocycles. The number of carbonyl (C=O) groups excluding carboxylic acids is 2. The summed E-state index contributed by atoms with van der Waals surface area (Å²) < 4.78 is 23.2. The lowest BCUT2D eigenvalue weighted by Gasteiger charge is -2.61. The van der Waals surface area contributed by atoms with E-state index in [-0.39, 0.29) is 6.04 Å². The molecular weight excluding hydrogens is 452 g/mol. The lowest BCUT2D eigenvalue weighted by atomic mass is 9.50. The molecule has 1 fully saturated rings. The van der Waals surface area contributed by atoms with Crippen molar-refractivity contribution in [2.75, 3.05) is 20.7 Å². The number of esters is 1. The standard InChI is InChI=1S/C26H34N2O7/c1-14(27-23(30)35-24(2,3)4)22(29)33-17-9-10-26(31)18-13-15-7-8-16(32-6)20-19(15)25(26,21(17)34-20)11-12-28(18)5/h7-9,14,18,21,31H,10-13H2,1-6H3,(H,27,30)/t14?,18-,21+,25+,26-/m1/s1. The number of ether oxygens (including phenoxy) is 4. The zero-order chi connectivity index (χ0) is 25.3. The number of rotatable bonds is 4. The molecule has 0 radical (unpaired) electrons. The number of nitrogens with one attached hydrogen (secondary N) is 1. The van der Waals surface area contributed by atoms with Gasteiger partial charge in [0.25, 0.3) is 0 Å². The molecule has 35 heavy (non-hydrogen) atoms. The Kier molecular flexibility index (Phi) is 5.38. The van der Waals surface area contributed by atoms with E-state index in [1.54, 1.807) is 40.9 Å². The maximum Gasteiger partial charge on any atom is 0.408 e. The highest BCUT2D eigenvalue weighted by Crippen LogP contribution is 2.65. The third-order valence-corrected chi connectivity index (χ3v) is 7.86. The zero-order valence-corrected chi connectivity index (χ0v) is 21.1. The van der Waals surface area contributed by atoms with Gasteiger partial charge < -0.3 is 34.3 Å². The molecule has 9 heteroatoms. The van der Waals surface area contributed by atoms with Crippen LogP contribution in [0.5, 0.6) is 11.5 Å². The average molecular weight is 487 g/mol. The third-order valence-electron chi connectivity index (χ3n) is 7.86. The molecule has 5 atom stereocenters. The van der Waals surface area contributed by atoms with Gasteiger partial charge in [0.1, 0.15) is 17.4 Å². The first-order chi connectivity index (χ1) is 16.4. The minimum Gasteiger partial charge on any atom is -0.493 e. The highest BCUT2D eigenvalue weighted by atomic mass is 16.6. The molecule has 9 nitrogen and oxygen atoms in total. The molecule has 2 N–H and O–H groups in total. The van der Waals surface area contributed by atoms with Crippen LogP contribution in [0.15, 0.2) is 24.0 Å². The van der Waals surface area contributed by atoms with E-state index in [9.17, 15) is 14.7 Å². The molecule has 2 heterocycles. The van der Waals surface area contributed by atoms with E-state index < -0.39 is 40.8 Å². The van der Waals surface area contributed by atoms with Gasteiger partial charge in [-0.25, -0.2) is 9.59 Å². The quantitative estimate of drug-likeness (QED) is 0.625. The molecule has 0 saturated carbocycles. The fourth-order valence-corrected chi connectivity index (χ4v) is 6.34. The average Bonchev–Trinajstić information content (AvgIpc) is 3.12. The largest absolute Gasteiger partial charge is 0.493 e. The summed E-state index contributed by atoms with van der Waals surface area (Å²) in [6.45, 7) is 7.57. The summed E-state index contributed by atoms with van der Waals surface area (Å²) in [6, 6.07) is 2.92. The molecule has 1 aromatic carbocycles. The van der Waals surface area contributed by atoms with Crippen molar-refractivity contribution in [2.45, 2.75) is 81.8 Å². The molecular formula is C26H34N2O7. The van der Waals surface area contributed by atoms with Crippen LogP contribution in [0.4, 0.5) is 4.79 Å². The van der Waals surface area contributed by atoms with Crippen molar-refractivity contribution in [3.63, 3.8) is 0 Å². The van der Waals surface area contributed by atoms with Crippen LogP contribution in [-0.2, 0) is 26.1 Å². The van der Waals surface area contributed by atoms with Gasteiger partial charge >= 0.3 is 12.1 Å². The van der Waals surface area contributed by atoms with Gasteiger partial charge in [-0.1, -0.05) is 6.07 Å². The first-order valence-corrected chi connectivity index (χ1v) is 12.1. The van der Waals surface area contributed by atoms with Crippen molar-refractivity contribution < 1.29 is 33.6 Å². The summed E-state index contributed by atoms with van der Waals surface area (Å²) in [5.41, 5.74) is -0.429. The zero-order valence-electron chi connectivity index (χ0n) is 21.1. The van der Waals surface area contributed by atoms with Crippen molar-refractivity contribution in [1.29, 1.82) is 0 Å². The first kappa shape index (κ1) is 23.9. The Morgan fingerprint density at radius 3 is 2.74 bits per heavy atom. The number of amides is 1. The van der Waals surface area contributed by atoms with E-state index in [1.165, 1.54) is 0 Å². The van der Waals surface area contributed by atoms with Crippen LogP contribution in [-0.4, -0.2) is 72.2 Å². The van der Waals surface area contributed by atoms with E-state index in [0.29, 0.717) is 36.5 Å². The number of aliphatic hydroxyl groups is 1. The number of methoxy groups -OCH3 is 1. The number of hydrogen-bond acceptors (Lipinski definition) is 8. The number of likely N-dealkylation sites (tertiary alicyclic amines) is 1. The summed E-state index contributed by atoms with van der Waals surface area (Å²) >= 11 is 0. The molecule has 1 unspecified atom stereocenters. The normalized spacial score (nSPS) is 31.5. The van der Waals surface area contributed by atoms with Crippen LogP contribution < -0.4 is 14.8 Å². The third kappa shape index (κ3) is 3.42. The number of carbonyl (C=O) groups is 2. The van der Waals surface area contributed by atoms with Gasteiger partial charge in [0.15, 0.2) is 17.6 Å². The van der Waals surface area contributed by atoms with E-state index in [2.05, 4.69) is 10.2 Å². The molecule has 1 aromatic rings. The summed E-state index contributed by atoms with van der Waals surface area (Å²) in [5, 5.41) is 14.7. The number of piperidine rings is 1. The summed E-state index contributed by atoms with van der Waals surface area (Å²) in [7, 11) is 3.63. The van der Waals surface area contributed by atoms with Gasteiger partial charge in [-0.15, -0.1) is 0 Å². The Bertz CT molecular complexity index is 1110. The smallest absolute Gasteiger partial charge is 0.408 e.